The summed E-state index contributed by atoms with van der Waals surface area (Å²) in [5, 5.41) is 49.4. The fraction of sp³-hybridized carbons (Fsp3) is 0.160. The zero-order valence-corrected chi connectivity index (χ0v) is 47.7. The highest BCUT2D eigenvalue weighted by Crippen LogP contribution is 2.58. The van der Waals surface area contributed by atoms with Crippen LogP contribution in [0.3, 0.4) is 0 Å². The normalized spacial score (nSPS) is 17.2. The van der Waals surface area contributed by atoms with E-state index in [0.29, 0.717) is 25.7 Å². The van der Waals surface area contributed by atoms with E-state index in [1.54, 1.807) is 0 Å². The number of aliphatic hydroxyl groups is 4. The molecule has 4 N–H and O–H groups in total. The topological polar surface area (TPSA) is 80.9 Å². The van der Waals surface area contributed by atoms with Gasteiger partial charge in [-0.05, 0) is 239 Å². The van der Waals surface area contributed by atoms with E-state index < -0.39 is 10.8 Å². The Hall–Kier alpha value is -9.00. The monoisotopic (exact) mass is 1100 g/mol. The number of fused-ring (bicyclic) bond motifs is 15. The lowest BCUT2D eigenvalue weighted by molar-refractivity contribution is 0.197. The number of hydrogen-bond donors (Lipinski definition) is 4. The highest BCUT2D eigenvalue weighted by atomic mass is 16.3. The van der Waals surface area contributed by atoms with Gasteiger partial charge in [-0.1, -0.05) is 196 Å². The molecule has 410 valence electrons. The fourth-order valence-corrected chi connectivity index (χ4v) is 16.7. The molecule has 12 aromatic carbocycles. The molecule has 0 radical (unpaired) electrons. The third-order valence-corrected chi connectivity index (χ3v) is 20.8. The van der Waals surface area contributed by atoms with Gasteiger partial charge >= 0.3 is 0 Å². The molecule has 5 aliphatic rings. The van der Waals surface area contributed by atoms with Crippen LogP contribution in [-0.2, 0) is 16.2 Å². The highest BCUT2D eigenvalue weighted by Gasteiger charge is 2.45. The van der Waals surface area contributed by atoms with Crippen molar-refractivity contribution in [1.82, 2.24) is 0 Å². The molecule has 0 heterocycles. The quantitative estimate of drug-likeness (QED) is 0.0983. The van der Waals surface area contributed by atoms with E-state index in [2.05, 4.69) is 232 Å². The van der Waals surface area contributed by atoms with Crippen LogP contribution in [0.15, 0.2) is 218 Å². The van der Waals surface area contributed by atoms with Gasteiger partial charge in [0.25, 0.3) is 0 Å². The van der Waals surface area contributed by atoms with Crippen LogP contribution in [0.2, 0.25) is 0 Å². The molecule has 0 spiro atoms. The van der Waals surface area contributed by atoms with E-state index in [9.17, 15) is 20.4 Å². The summed E-state index contributed by atoms with van der Waals surface area (Å²) in [5.74, 6) is 0. The summed E-state index contributed by atoms with van der Waals surface area (Å²) in [6.45, 7) is 4.64. The zero-order valence-electron chi connectivity index (χ0n) is 47.7. The number of rotatable bonds is 12. The van der Waals surface area contributed by atoms with Crippen LogP contribution in [0.25, 0.3) is 144 Å². The van der Waals surface area contributed by atoms with E-state index in [1.807, 2.05) is 0 Å². The van der Waals surface area contributed by atoms with Gasteiger partial charge in [-0.15, -0.1) is 0 Å². The Bertz CT molecular complexity index is 4520. The van der Waals surface area contributed by atoms with Gasteiger partial charge in [0.1, 0.15) is 0 Å². The van der Waals surface area contributed by atoms with E-state index >= 15 is 0 Å². The van der Waals surface area contributed by atoms with Gasteiger partial charge in [0, 0.05) is 29.5 Å². The molecular formula is C81H62O4. The molecule has 5 aliphatic carbocycles. The van der Waals surface area contributed by atoms with E-state index in [-0.39, 0.29) is 31.8 Å². The SMILES string of the molecule is CC1(C)c2cc(-c3ccc4c(c3)C(CO)(CCCO)c3cc(-c5ccc6c7c(cccc57)-c5ccccc5-6)ccc3-4)ccc2-c2ccc(-c3ccc4c(c3)C(CO)(CCCO)c3cc(-c5ccc6c7c(cccc57)-c5ccccc5-6)ccc3-4)cc21. The molecule has 85 heavy (non-hydrogen) atoms. The van der Waals surface area contributed by atoms with Crippen molar-refractivity contribution in [3.8, 4) is 122 Å². The van der Waals surface area contributed by atoms with Crippen LogP contribution in [0.1, 0.15) is 72.9 Å². The number of benzene rings is 12. The largest absolute Gasteiger partial charge is 0.396 e. The Labute approximate surface area is 495 Å². The highest BCUT2D eigenvalue weighted by molar-refractivity contribution is 6.20. The lowest BCUT2D eigenvalue weighted by Crippen LogP contribution is -2.30. The zero-order chi connectivity index (χ0) is 57.1. The van der Waals surface area contributed by atoms with Crippen molar-refractivity contribution in [3.05, 3.63) is 252 Å². The number of hydrogen-bond acceptors (Lipinski definition) is 4. The van der Waals surface area contributed by atoms with Gasteiger partial charge in [-0.25, -0.2) is 0 Å². The third-order valence-electron chi connectivity index (χ3n) is 20.8. The Morgan fingerprint density at radius 2 is 0.529 bits per heavy atom. The maximum atomic E-state index is 11.8. The predicted octanol–water partition coefficient (Wildman–Crippen LogP) is 18.3. The Morgan fingerprint density at radius 1 is 0.259 bits per heavy atom. The van der Waals surface area contributed by atoms with Gasteiger partial charge in [-0.2, -0.15) is 0 Å². The minimum atomic E-state index is -0.696. The van der Waals surface area contributed by atoms with E-state index in [0.717, 1.165) is 77.9 Å². The minimum absolute atomic E-state index is 0.0457. The van der Waals surface area contributed by atoms with Crippen molar-refractivity contribution in [2.45, 2.75) is 55.8 Å². The summed E-state index contributed by atoms with van der Waals surface area (Å²) in [5.41, 5.74) is 31.6. The maximum Gasteiger partial charge on any atom is 0.0569 e. The van der Waals surface area contributed by atoms with Crippen molar-refractivity contribution in [2.75, 3.05) is 26.4 Å². The Morgan fingerprint density at radius 3 is 0.871 bits per heavy atom. The first-order valence-electron chi connectivity index (χ1n) is 30.3. The van der Waals surface area contributed by atoms with Gasteiger partial charge in [0.2, 0.25) is 0 Å². The molecule has 0 amide bonds. The van der Waals surface area contributed by atoms with Crippen LogP contribution in [0.5, 0.6) is 0 Å². The van der Waals surface area contributed by atoms with Gasteiger partial charge in [0.15, 0.2) is 0 Å². The van der Waals surface area contributed by atoms with Gasteiger partial charge < -0.3 is 20.4 Å². The lowest BCUT2D eigenvalue weighted by Gasteiger charge is -2.31. The summed E-state index contributed by atoms with van der Waals surface area (Å²) in [6, 6.07) is 81.1. The minimum Gasteiger partial charge on any atom is -0.396 e. The third kappa shape index (κ3) is 6.88. The molecule has 12 aromatic rings. The second kappa shape index (κ2) is 18.5. The fourth-order valence-electron chi connectivity index (χ4n) is 16.7. The first-order chi connectivity index (χ1) is 41.7. The molecule has 0 aliphatic heterocycles. The Kier molecular flexibility index (Phi) is 11.0. The molecular weight excluding hydrogens is 1040 g/mol. The second-order valence-corrected chi connectivity index (χ2v) is 25.2. The van der Waals surface area contributed by atoms with Crippen LogP contribution < -0.4 is 0 Å². The summed E-state index contributed by atoms with van der Waals surface area (Å²) < 4.78 is 0. The molecule has 0 aromatic heterocycles. The Balaban J connectivity index is 0.702. The molecule has 0 saturated carbocycles. The van der Waals surface area contributed by atoms with Crippen molar-refractivity contribution in [2.24, 2.45) is 0 Å². The van der Waals surface area contributed by atoms with Crippen molar-refractivity contribution < 1.29 is 20.4 Å². The molecule has 0 bridgehead atoms. The summed E-state index contributed by atoms with van der Waals surface area (Å²) >= 11 is 0. The van der Waals surface area contributed by atoms with Crippen LogP contribution in [-0.4, -0.2) is 46.9 Å². The first kappa shape index (κ1) is 50.5. The molecule has 4 heteroatoms. The summed E-state index contributed by atoms with van der Waals surface area (Å²) in [6.07, 6.45) is 2.37. The molecule has 2 atom stereocenters. The van der Waals surface area contributed by atoms with Crippen LogP contribution in [0, 0.1) is 0 Å². The van der Waals surface area contributed by atoms with E-state index in [1.165, 1.54) is 99.4 Å². The van der Waals surface area contributed by atoms with Crippen LogP contribution >= 0.6 is 0 Å². The smallest absolute Gasteiger partial charge is 0.0569 e. The molecule has 4 nitrogen and oxygen atoms in total. The van der Waals surface area contributed by atoms with Crippen molar-refractivity contribution in [1.29, 1.82) is 0 Å². The van der Waals surface area contributed by atoms with Crippen molar-refractivity contribution in [3.63, 3.8) is 0 Å². The van der Waals surface area contributed by atoms with Gasteiger partial charge in [0.05, 0.1) is 13.2 Å². The molecule has 17 rings (SSSR count). The molecule has 0 saturated heterocycles. The predicted molar refractivity (Wildman–Crippen MR) is 349 cm³/mol. The standard InChI is InChI=1S/C81H62O4/c1-79(2)71-39-47(49-21-27-61-63-29-23-51(43-75(63)80(45-84,35-9-37-82)73(61)41-49)53-31-33-69-57-13-5-3-11-55(57)67-17-7-15-65(53)77(67)69)19-25-59(71)60-26-20-48(40-72(60)79)50-22-28-62-64-30-24-52(44-76(64)81(46-85,36-10-38-83)74(62)42-50)54-32-34-70-58-14-6-4-12-56(58)68-18-8-16-66(54)78(68)70/h3-8,11-34,39-44,82-85H,9-10,35-38,45-46H2,1-2H3. The molecule has 0 fully saturated rings. The average molecular weight is 1100 g/mol. The number of aliphatic hydroxyl groups excluding tert-OH is 4. The maximum absolute atomic E-state index is 11.8. The van der Waals surface area contributed by atoms with Gasteiger partial charge in [-0.3, -0.25) is 0 Å². The second-order valence-electron chi connectivity index (χ2n) is 25.2. The molecule has 2 unspecified atom stereocenters. The average Bonchev–Trinajstić information content (AvgIpc) is 1.80. The first-order valence-corrected chi connectivity index (χ1v) is 30.3. The van der Waals surface area contributed by atoms with Crippen molar-refractivity contribution >= 4 is 21.5 Å². The lowest BCUT2D eigenvalue weighted by atomic mass is 9.74. The summed E-state index contributed by atoms with van der Waals surface area (Å²) in [4.78, 5) is 0. The summed E-state index contributed by atoms with van der Waals surface area (Å²) in [7, 11) is 0. The van der Waals surface area contributed by atoms with E-state index in [4.69, 9.17) is 0 Å². The van der Waals surface area contributed by atoms with Crippen LogP contribution in [0.4, 0.5) is 0 Å².